The van der Waals surface area contributed by atoms with Gasteiger partial charge >= 0.3 is 11.9 Å². The van der Waals surface area contributed by atoms with Crippen molar-refractivity contribution < 1.29 is 28.9 Å². The summed E-state index contributed by atoms with van der Waals surface area (Å²) in [5, 5.41) is 10.4. The Kier molecular flexibility index (Phi) is 6.22. The molecule has 0 bridgehead atoms. The highest BCUT2D eigenvalue weighted by molar-refractivity contribution is 6.13. The molecule has 0 spiro atoms. The summed E-state index contributed by atoms with van der Waals surface area (Å²) in [4.78, 5) is 24.8. The Bertz CT molecular complexity index is 712. The number of aliphatic hydroxyl groups is 1. The summed E-state index contributed by atoms with van der Waals surface area (Å²) in [6, 6.07) is 6.91. The topological polar surface area (TPSA) is 82.1 Å². The lowest BCUT2D eigenvalue weighted by Gasteiger charge is -2.16. The second-order valence-electron chi connectivity index (χ2n) is 5.47. The molecule has 6 heteroatoms. The predicted octanol–water partition coefficient (Wildman–Crippen LogP) is 3.18. The van der Waals surface area contributed by atoms with Crippen molar-refractivity contribution in [2.75, 3.05) is 20.8 Å². The van der Waals surface area contributed by atoms with Crippen molar-refractivity contribution in [3.8, 4) is 5.75 Å². The summed E-state index contributed by atoms with van der Waals surface area (Å²) in [5.41, 5.74) is 1.32. The summed E-state index contributed by atoms with van der Waals surface area (Å²) in [7, 11) is 2.79. The average molecular weight is 346 g/mol. The van der Waals surface area contributed by atoms with Gasteiger partial charge in [0.2, 0.25) is 0 Å². The lowest BCUT2D eigenvalue weighted by molar-refractivity contribution is -0.138. The van der Waals surface area contributed by atoms with E-state index in [1.807, 2.05) is 0 Å². The van der Waals surface area contributed by atoms with Crippen LogP contribution in [0.4, 0.5) is 0 Å². The van der Waals surface area contributed by atoms with E-state index in [0.29, 0.717) is 35.3 Å². The van der Waals surface area contributed by atoms with Crippen LogP contribution in [0.5, 0.6) is 5.75 Å². The van der Waals surface area contributed by atoms with Crippen molar-refractivity contribution in [2.45, 2.75) is 26.2 Å². The fraction of sp³-hybridized carbons (Fsp3) is 0.368. The normalized spacial score (nSPS) is 14.8. The molecule has 6 nitrogen and oxygen atoms in total. The number of methoxy groups -OCH3 is 2. The molecule has 25 heavy (non-hydrogen) atoms. The number of hydrogen-bond acceptors (Lipinski definition) is 6. The monoisotopic (exact) mass is 346 g/mol. The fourth-order valence-corrected chi connectivity index (χ4v) is 2.80. The van der Waals surface area contributed by atoms with Gasteiger partial charge in [0.25, 0.3) is 0 Å². The molecule has 1 aromatic carbocycles. The molecule has 0 aromatic heterocycles. The minimum Gasteiger partial charge on any atom is -0.511 e. The van der Waals surface area contributed by atoms with Crippen LogP contribution in [-0.4, -0.2) is 37.9 Å². The Morgan fingerprint density at radius 2 is 1.76 bits per heavy atom. The van der Waals surface area contributed by atoms with Gasteiger partial charge < -0.3 is 19.3 Å². The molecule has 1 aromatic rings. The van der Waals surface area contributed by atoms with E-state index in [9.17, 15) is 14.7 Å². The van der Waals surface area contributed by atoms with Crippen LogP contribution in [0.2, 0.25) is 0 Å². The zero-order valence-electron chi connectivity index (χ0n) is 14.6. The SMILES string of the molecule is CCOC(=O)C1=C(c2ccc(OC)cc2)C(C(=O)OC)=C(O)CCC1. The largest absolute Gasteiger partial charge is 0.511 e. The Balaban J connectivity index is 2.70. The first-order valence-electron chi connectivity index (χ1n) is 8.08. The van der Waals surface area contributed by atoms with E-state index < -0.39 is 11.9 Å². The molecule has 0 saturated heterocycles. The molecule has 1 N–H and O–H groups in total. The van der Waals surface area contributed by atoms with Gasteiger partial charge in [-0.15, -0.1) is 0 Å². The van der Waals surface area contributed by atoms with E-state index in [4.69, 9.17) is 14.2 Å². The molecular weight excluding hydrogens is 324 g/mol. The van der Waals surface area contributed by atoms with Gasteiger partial charge in [-0.25, -0.2) is 9.59 Å². The van der Waals surface area contributed by atoms with Gasteiger partial charge in [-0.05, 0) is 37.5 Å². The number of carbonyl (C=O) groups excluding carboxylic acids is 2. The van der Waals surface area contributed by atoms with Crippen molar-refractivity contribution in [3.63, 3.8) is 0 Å². The number of rotatable bonds is 5. The second-order valence-corrected chi connectivity index (χ2v) is 5.47. The second kappa shape index (κ2) is 8.37. The van der Waals surface area contributed by atoms with Crippen molar-refractivity contribution >= 4 is 17.5 Å². The number of allylic oxidation sites excluding steroid dienone is 1. The first-order chi connectivity index (χ1) is 12.0. The van der Waals surface area contributed by atoms with E-state index in [1.54, 1.807) is 38.3 Å². The molecule has 0 atom stereocenters. The van der Waals surface area contributed by atoms with Gasteiger partial charge in [-0.2, -0.15) is 0 Å². The van der Waals surface area contributed by atoms with E-state index in [-0.39, 0.29) is 24.4 Å². The molecular formula is C19H22O6. The molecule has 0 radical (unpaired) electrons. The van der Waals surface area contributed by atoms with Crippen molar-refractivity contribution in [1.29, 1.82) is 0 Å². The van der Waals surface area contributed by atoms with Crippen LogP contribution in [0.1, 0.15) is 31.7 Å². The van der Waals surface area contributed by atoms with Gasteiger partial charge in [0, 0.05) is 17.6 Å². The van der Waals surface area contributed by atoms with Gasteiger partial charge in [0.1, 0.15) is 17.1 Å². The molecule has 1 aliphatic carbocycles. The molecule has 0 aliphatic heterocycles. The Hall–Kier alpha value is -2.76. The Morgan fingerprint density at radius 3 is 2.32 bits per heavy atom. The number of esters is 2. The standard InChI is InChI=1S/C19H22O6/c1-4-25-18(21)14-6-5-7-15(20)17(19(22)24-3)16(14)12-8-10-13(23-2)11-9-12/h8-11,20H,4-7H2,1-3H3. The van der Waals surface area contributed by atoms with Crippen LogP contribution in [-0.2, 0) is 19.1 Å². The zero-order chi connectivity index (χ0) is 18.4. The Morgan fingerprint density at radius 1 is 1.08 bits per heavy atom. The molecule has 0 amide bonds. The molecule has 2 rings (SSSR count). The lowest BCUT2D eigenvalue weighted by Crippen LogP contribution is -2.15. The molecule has 0 unspecified atom stereocenters. The summed E-state index contributed by atoms with van der Waals surface area (Å²) in [6.07, 6.45) is 1.21. The van der Waals surface area contributed by atoms with Crippen molar-refractivity contribution in [2.24, 2.45) is 0 Å². The van der Waals surface area contributed by atoms with E-state index in [2.05, 4.69) is 0 Å². The van der Waals surface area contributed by atoms with Gasteiger partial charge in [-0.3, -0.25) is 0 Å². The van der Waals surface area contributed by atoms with E-state index in [0.717, 1.165) is 0 Å². The highest BCUT2D eigenvalue weighted by Crippen LogP contribution is 2.36. The molecule has 1 aliphatic rings. The minimum absolute atomic E-state index is 0.00761. The Labute approximate surface area is 146 Å². The quantitative estimate of drug-likeness (QED) is 0.825. The van der Waals surface area contributed by atoms with Crippen molar-refractivity contribution in [1.82, 2.24) is 0 Å². The first kappa shape index (κ1) is 18.6. The molecule has 0 fully saturated rings. The molecule has 0 heterocycles. The number of ether oxygens (including phenoxy) is 3. The maximum absolute atomic E-state index is 12.5. The predicted molar refractivity (Wildman–Crippen MR) is 92.1 cm³/mol. The number of carbonyl (C=O) groups is 2. The summed E-state index contributed by atoms with van der Waals surface area (Å²) in [5.74, 6) is -0.628. The summed E-state index contributed by atoms with van der Waals surface area (Å²) in [6.45, 7) is 1.94. The van der Waals surface area contributed by atoms with Crippen LogP contribution in [0.3, 0.4) is 0 Å². The highest BCUT2D eigenvalue weighted by atomic mass is 16.5. The number of hydrogen-bond donors (Lipinski definition) is 1. The van der Waals surface area contributed by atoms with E-state index >= 15 is 0 Å². The van der Waals surface area contributed by atoms with Gasteiger partial charge in [-0.1, -0.05) is 12.1 Å². The van der Waals surface area contributed by atoms with Crippen LogP contribution in [0.15, 0.2) is 41.2 Å². The fourth-order valence-electron chi connectivity index (χ4n) is 2.80. The first-order valence-corrected chi connectivity index (χ1v) is 8.08. The lowest BCUT2D eigenvalue weighted by atomic mass is 9.92. The third-order valence-corrected chi connectivity index (χ3v) is 3.97. The number of aliphatic hydroxyl groups excluding tert-OH is 1. The minimum atomic E-state index is -0.688. The van der Waals surface area contributed by atoms with Gasteiger partial charge in [0.05, 0.1) is 20.8 Å². The van der Waals surface area contributed by atoms with Gasteiger partial charge in [0.15, 0.2) is 0 Å². The van der Waals surface area contributed by atoms with Crippen LogP contribution >= 0.6 is 0 Å². The van der Waals surface area contributed by atoms with Crippen LogP contribution in [0.25, 0.3) is 5.57 Å². The van der Waals surface area contributed by atoms with Crippen LogP contribution in [0, 0.1) is 0 Å². The summed E-state index contributed by atoms with van der Waals surface area (Å²) >= 11 is 0. The molecule has 0 saturated carbocycles. The zero-order valence-corrected chi connectivity index (χ0v) is 14.6. The highest BCUT2D eigenvalue weighted by Gasteiger charge is 2.30. The third kappa shape index (κ3) is 4.02. The van der Waals surface area contributed by atoms with Crippen molar-refractivity contribution in [3.05, 3.63) is 46.7 Å². The molecule has 134 valence electrons. The van der Waals surface area contributed by atoms with Crippen LogP contribution < -0.4 is 4.74 Å². The number of benzene rings is 1. The third-order valence-electron chi connectivity index (χ3n) is 3.97. The smallest absolute Gasteiger partial charge is 0.341 e. The average Bonchev–Trinajstić information content (AvgIpc) is 2.80. The summed E-state index contributed by atoms with van der Waals surface area (Å²) < 4.78 is 15.1. The van der Waals surface area contributed by atoms with E-state index in [1.165, 1.54) is 7.11 Å². The maximum atomic E-state index is 12.5. The maximum Gasteiger partial charge on any atom is 0.341 e.